The topological polar surface area (TPSA) is 83.9 Å². The van der Waals surface area contributed by atoms with Crippen molar-refractivity contribution in [3.05, 3.63) is 93.7 Å². The predicted molar refractivity (Wildman–Crippen MR) is 132 cm³/mol. The Morgan fingerprint density at radius 1 is 0.938 bits per heavy atom. The monoisotopic (exact) mass is 506 g/mol. The molecule has 1 aromatic heterocycles. The van der Waals surface area contributed by atoms with Crippen LogP contribution in [0.3, 0.4) is 0 Å². The Hall–Kier alpha value is -3.56. The van der Waals surface area contributed by atoms with Gasteiger partial charge in [0.1, 0.15) is 0 Å². The normalized spacial score (nSPS) is 10.4. The third kappa shape index (κ3) is 5.01. The van der Waals surface area contributed by atoms with Crippen LogP contribution < -0.4 is 16.2 Å². The second-order valence-corrected chi connectivity index (χ2v) is 8.13. The molecule has 0 unspecified atom stereocenters. The average molecular weight is 507 g/mol. The van der Waals surface area contributed by atoms with Gasteiger partial charge in [0.25, 0.3) is 0 Å². The van der Waals surface area contributed by atoms with Crippen molar-refractivity contribution in [3.63, 3.8) is 0 Å². The molecule has 0 aliphatic carbocycles. The number of hydrogen-bond donors (Lipinski definition) is 3. The lowest BCUT2D eigenvalue weighted by Crippen LogP contribution is -2.35. The second-order valence-electron chi connectivity index (χ2n) is 6.85. The van der Waals surface area contributed by atoms with Gasteiger partial charge in [0, 0.05) is 15.7 Å². The molecule has 3 N–H and O–H groups in total. The second kappa shape index (κ2) is 9.71. The van der Waals surface area contributed by atoms with Gasteiger partial charge in [-0.3, -0.25) is 9.99 Å². The van der Waals surface area contributed by atoms with E-state index in [2.05, 4.69) is 42.1 Å². The number of aryl methyl sites for hydroxylation is 1. The Labute approximate surface area is 198 Å². The standard InChI is InChI=1S/C23H19BrN6OS/c1-15-7-5-6-10-19(15)25-22(31)29-28-21-26-20(16-8-3-2-4-9-16)27-23(32)30(21)18-13-11-17(24)12-14-18/h2-14H,1H3,(H2,25,29,31)(H,26,27,28,32). The molecular weight excluding hydrogens is 488 g/mol. The Balaban J connectivity index is 1.67. The molecule has 0 spiro atoms. The van der Waals surface area contributed by atoms with Crippen LogP contribution in [0.5, 0.6) is 0 Å². The van der Waals surface area contributed by atoms with Crippen LogP contribution in [0.4, 0.5) is 16.4 Å². The van der Waals surface area contributed by atoms with Crippen molar-refractivity contribution in [2.45, 2.75) is 6.92 Å². The number of benzene rings is 3. The number of hydrazine groups is 1. The van der Waals surface area contributed by atoms with Gasteiger partial charge < -0.3 is 5.32 Å². The average Bonchev–Trinajstić information content (AvgIpc) is 2.80. The number of anilines is 2. The Bertz CT molecular complexity index is 1310. The highest BCUT2D eigenvalue weighted by Gasteiger charge is 2.13. The minimum absolute atomic E-state index is 0.296. The SMILES string of the molecule is Cc1ccccc1NC(=O)NNc1nc(-c2ccccc2)nc(=S)n1-c1ccc(Br)cc1. The van der Waals surface area contributed by atoms with Gasteiger partial charge >= 0.3 is 6.03 Å². The van der Waals surface area contributed by atoms with Gasteiger partial charge in [-0.25, -0.2) is 10.2 Å². The smallest absolute Gasteiger partial charge is 0.306 e. The predicted octanol–water partition coefficient (Wildman–Crippen LogP) is 5.88. The molecule has 2 amide bonds. The first-order chi connectivity index (χ1) is 15.5. The van der Waals surface area contributed by atoms with Crippen molar-refractivity contribution in [1.29, 1.82) is 0 Å². The van der Waals surface area contributed by atoms with Crippen molar-refractivity contribution in [3.8, 4) is 17.1 Å². The highest BCUT2D eigenvalue weighted by atomic mass is 79.9. The van der Waals surface area contributed by atoms with Gasteiger partial charge in [-0.1, -0.05) is 64.5 Å². The summed E-state index contributed by atoms with van der Waals surface area (Å²) in [7, 11) is 0. The fourth-order valence-corrected chi connectivity index (χ4v) is 3.55. The molecule has 3 aromatic carbocycles. The zero-order valence-corrected chi connectivity index (χ0v) is 19.4. The van der Waals surface area contributed by atoms with Gasteiger partial charge in [-0.2, -0.15) is 9.97 Å². The van der Waals surface area contributed by atoms with Crippen molar-refractivity contribution in [2.75, 3.05) is 10.7 Å². The van der Waals surface area contributed by atoms with Crippen LogP contribution in [-0.2, 0) is 0 Å². The lowest BCUT2D eigenvalue weighted by molar-refractivity contribution is 0.253. The van der Waals surface area contributed by atoms with E-state index in [4.69, 9.17) is 12.2 Å². The zero-order chi connectivity index (χ0) is 22.5. The minimum Gasteiger partial charge on any atom is -0.306 e. The third-order valence-electron chi connectivity index (χ3n) is 4.61. The number of amides is 2. The summed E-state index contributed by atoms with van der Waals surface area (Å²) < 4.78 is 2.88. The van der Waals surface area contributed by atoms with Gasteiger partial charge in [-0.15, -0.1) is 0 Å². The number of urea groups is 1. The Morgan fingerprint density at radius 2 is 1.62 bits per heavy atom. The molecule has 0 radical (unpaired) electrons. The first kappa shape index (κ1) is 21.7. The van der Waals surface area contributed by atoms with Crippen LogP contribution in [0, 0.1) is 11.7 Å². The van der Waals surface area contributed by atoms with Gasteiger partial charge in [-0.05, 0) is 55.0 Å². The zero-order valence-electron chi connectivity index (χ0n) is 17.0. The molecule has 4 aromatic rings. The quantitative estimate of drug-likeness (QED) is 0.232. The Kier molecular flexibility index (Phi) is 6.58. The molecule has 0 saturated carbocycles. The summed E-state index contributed by atoms with van der Waals surface area (Å²) in [4.78, 5) is 21.6. The number of carbonyl (C=O) groups excluding carboxylic acids is 1. The molecule has 0 atom stereocenters. The number of nitrogens with zero attached hydrogens (tertiary/aromatic N) is 3. The molecule has 7 nitrogen and oxygen atoms in total. The lowest BCUT2D eigenvalue weighted by Gasteiger charge is -2.16. The van der Waals surface area contributed by atoms with E-state index in [-0.39, 0.29) is 0 Å². The van der Waals surface area contributed by atoms with E-state index in [0.29, 0.717) is 22.2 Å². The van der Waals surface area contributed by atoms with E-state index in [1.54, 1.807) is 4.57 Å². The van der Waals surface area contributed by atoms with E-state index in [0.717, 1.165) is 21.3 Å². The Morgan fingerprint density at radius 3 is 2.34 bits per heavy atom. The number of aromatic nitrogens is 3. The maximum absolute atomic E-state index is 12.5. The van der Waals surface area contributed by atoms with E-state index in [1.807, 2.05) is 85.8 Å². The molecule has 1 heterocycles. The van der Waals surface area contributed by atoms with Crippen molar-refractivity contribution < 1.29 is 4.79 Å². The molecule has 160 valence electrons. The third-order valence-corrected chi connectivity index (χ3v) is 5.42. The number of hydrogen-bond acceptors (Lipinski definition) is 5. The first-order valence-corrected chi connectivity index (χ1v) is 10.9. The van der Waals surface area contributed by atoms with E-state index < -0.39 is 6.03 Å². The molecule has 0 fully saturated rings. The molecule has 0 aliphatic heterocycles. The fraction of sp³-hybridized carbons (Fsp3) is 0.0435. The molecule has 0 bridgehead atoms. The van der Waals surface area contributed by atoms with Crippen LogP contribution in [0.15, 0.2) is 83.3 Å². The number of rotatable bonds is 5. The number of nitrogens with one attached hydrogen (secondary N) is 3. The van der Waals surface area contributed by atoms with E-state index >= 15 is 0 Å². The first-order valence-electron chi connectivity index (χ1n) is 9.72. The molecule has 0 aliphatic rings. The van der Waals surface area contributed by atoms with Gasteiger partial charge in [0.2, 0.25) is 10.7 Å². The highest BCUT2D eigenvalue weighted by Crippen LogP contribution is 2.21. The summed E-state index contributed by atoms with van der Waals surface area (Å²) in [5.74, 6) is 0.777. The molecular formula is C23H19BrN6OS. The van der Waals surface area contributed by atoms with Crippen molar-refractivity contribution in [2.24, 2.45) is 0 Å². The summed E-state index contributed by atoms with van der Waals surface area (Å²) in [6.45, 7) is 1.92. The maximum Gasteiger partial charge on any atom is 0.337 e. The number of carbonyl (C=O) groups is 1. The van der Waals surface area contributed by atoms with Crippen LogP contribution in [0.25, 0.3) is 17.1 Å². The lowest BCUT2D eigenvalue weighted by atomic mass is 10.2. The molecule has 4 rings (SSSR count). The fourth-order valence-electron chi connectivity index (χ4n) is 3.01. The van der Waals surface area contributed by atoms with E-state index in [1.165, 1.54) is 0 Å². The van der Waals surface area contributed by atoms with Crippen molar-refractivity contribution >= 4 is 45.8 Å². The van der Waals surface area contributed by atoms with Gasteiger partial charge in [0.15, 0.2) is 5.82 Å². The van der Waals surface area contributed by atoms with Gasteiger partial charge in [0.05, 0.1) is 5.69 Å². The number of halogens is 1. The summed E-state index contributed by atoms with van der Waals surface area (Å²) in [5.41, 5.74) is 8.75. The van der Waals surface area contributed by atoms with Crippen molar-refractivity contribution in [1.82, 2.24) is 20.0 Å². The van der Waals surface area contributed by atoms with Crippen LogP contribution in [0.2, 0.25) is 0 Å². The van der Waals surface area contributed by atoms with Crippen LogP contribution in [-0.4, -0.2) is 20.6 Å². The highest BCUT2D eigenvalue weighted by molar-refractivity contribution is 9.10. The maximum atomic E-state index is 12.5. The summed E-state index contributed by atoms with van der Waals surface area (Å²) in [6, 6.07) is 24.1. The molecule has 0 saturated heterocycles. The minimum atomic E-state index is -0.438. The summed E-state index contributed by atoms with van der Waals surface area (Å²) >= 11 is 9.01. The molecule has 32 heavy (non-hydrogen) atoms. The van der Waals surface area contributed by atoms with E-state index in [9.17, 15) is 4.79 Å². The van der Waals surface area contributed by atoms with Crippen LogP contribution in [0.1, 0.15) is 5.56 Å². The molecule has 9 heteroatoms. The number of para-hydroxylation sites is 1. The summed E-state index contributed by atoms with van der Waals surface area (Å²) in [6.07, 6.45) is 0. The van der Waals surface area contributed by atoms with Crippen LogP contribution >= 0.6 is 28.1 Å². The largest absolute Gasteiger partial charge is 0.337 e. The summed E-state index contributed by atoms with van der Waals surface area (Å²) in [5, 5.41) is 2.81.